The molecule has 3 saturated carbocycles. The first-order valence-corrected chi connectivity index (χ1v) is 8.52. The summed E-state index contributed by atoms with van der Waals surface area (Å²) in [6.07, 6.45) is 9.84. The molecule has 20 heavy (non-hydrogen) atoms. The molecule has 3 aliphatic carbocycles. The molecule has 2 bridgehead atoms. The monoisotopic (exact) mass is 275 g/mol. The molecule has 0 aromatic heterocycles. The van der Waals surface area contributed by atoms with Gasteiger partial charge in [-0.25, -0.2) is 0 Å². The van der Waals surface area contributed by atoms with Crippen LogP contribution in [0, 0.1) is 23.7 Å². The van der Waals surface area contributed by atoms with Crippen LogP contribution in [0.1, 0.15) is 57.8 Å². The fraction of sp³-hybridized carbons (Fsp3) is 0.882. The van der Waals surface area contributed by atoms with E-state index >= 15 is 0 Å². The summed E-state index contributed by atoms with van der Waals surface area (Å²) in [5, 5.41) is 0. The summed E-state index contributed by atoms with van der Waals surface area (Å²) >= 11 is 0. The SMILES string of the molecule is O=C1CCN(C(=O)CC2CC3CCC2C3)C(C2CC2)C1. The lowest BCUT2D eigenvalue weighted by atomic mass is 9.85. The van der Waals surface area contributed by atoms with Gasteiger partial charge in [-0.1, -0.05) is 6.42 Å². The zero-order valence-electron chi connectivity index (χ0n) is 12.2. The standard InChI is InChI=1S/C17H25NO2/c19-15-5-6-18(16(10-15)12-3-4-12)17(20)9-14-8-11-1-2-13(14)7-11/h11-14,16H,1-10H2. The molecular weight excluding hydrogens is 250 g/mol. The summed E-state index contributed by atoms with van der Waals surface area (Å²) in [5.74, 6) is 3.74. The first-order valence-electron chi connectivity index (χ1n) is 8.52. The van der Waals surface area contributed by atoms with Crippen molar-refractivity contribution >= 4 is 11.7 Å². The molecule has 110 valence electrons. The lowest BCUT2D eigenvalue weighted by Gasteiger charge is -2.36. The Labute approximate surface area is 121 Å². The molecular formula is C17H25NO2. The van der Waals surface area contributed by atoms with Crippen LogP contribution in [0.2, 0.25) is 0 Å². The van der Waals surface area contributed by atoms with Gasteiger partial charge in [-0.3, -0.25) is 9.59 Å². The van der Waals surface area contributed by atoms with Crippen molar-refractivity contribution in [3.8, 4) is 0 Å². The van der Waals surface area contributed by atoms with Gasteiger partial charge in [-0.15, -0.1) is 0 Å². The highest BCUT2D eigenvalue weighted by molar-refractivity contribution is 5.84. The van der Waals surface area contributed by atoms with Gasteiger partial charge in [0.05, 0.1) is 0 Å². The van der Waals surface area contributed by atoms with Crippen LogP contribution in [-0.2, 0) is 9.59 Å². The van der Waals surface area contributed by atoms with E-state index < -0.39 is 0 Å². The van der Waals surface area contributed by atoms with Gasteiger partial charge in [0.25, 0.3) is 0 Å². The highest BCUT2D eigenvalue weighted by Crippen LogP contribution is 2.50. The van der Waals surface area contributed by atoms with Gasteiger partial charge in [-0.05, 0) is 55.8 Å². The molecule has 1 aliphatic heterocycles. The number of likely N-dealkylation sites (tertiary alicyclic amines) is 1. The number of nitrogens with zero attached hydrogens (tertiary/aromatic N) is 1. The normalized spacial score (nSPS) is 40.4. The lowest BCUT2D eigenvalue weighted by molar-refractivity contribution is -0.139. The number of Topliss-reactive ketones (excluding diaryl/α,β-unsaturated/α-hetero) is 1. The van der Waals surface area contributed by atoms with E-state index in [0.29, 0.717) is 42.9 Å². The second-order valence-corrected chi connectivity index (χ2v) is 7.62. The quantitative estimate of drug-likeness (QED) is 0.794. The number of rotatable bonds is 3. The number of piperidine rings is 1. The van der Waals surface area contributed by atoms with Crippen LogP contribution in [0.15, 0.2) is 0 Å². The first kappa shape index (κ1) is 12.8. The zero-order valence-corrected chi connectivity index (χ0v) is 12.2. The third-order valence-corrected chi connectivity index (χ3v) is 6.28. The first-order chi connectivity index (χ1) is 9.70. The van der Waals surface area contributed by atoms with E-state index in [4.69, 9.17) is 0 Å². The summed E-state index contributed by atoms with van der Waals surface area (Å²) in [6.45, 7) is 0.694. The molecule has 3 heteroatoms. The van der Waals surface area contributed by atoms with Gasteiger partial charge >= 0.3 is 0 Å². The summed E-state index contributed by atoms with van der Waals surface area (Å²) in [6, 6.07) is 0.252. The largest absolute Gasteiger partial charge is 0.339 e. The predicted molar refractivity (Wildman–Crippen MR) is 76.0 cm³/mol. The third kappa shape index (κ3) is 2.29. The smallest absolute Gasteiger partial charge is 0.223 e. The Morgan fingerprint density at radius 3 is 2.55 bits per heavy atom. The zero-order chi connectivity index (χ0) is 13.7. The van der Waals surface area contributed by atoms with Gasteiger partial charge in [0.1, 0.15) is 5.78 Å². The van der Waals surface area contributed by atoms with Gasteiger partial charge in [0, 0.05) is 31.8 Å². The molecule has 0 aromatic rings. The highest BCUT2D eigenvalue weighted by atomic mass is 16.2. The van der Waals surface area contributed by atoms with Gasteiger partial charge in [-0.2, -0.15) is 0 Å². The minimum atomic E-state index is 0.252. The van der Waals surface area contributed by atoms with E-state index in [-0.39, 0.29) is 6.04 Å². The van der Waals surface area contributed by atoms with Crippen molar-refractivity contribution in [2.45, 2.75) is 63.8 Å². The topological polar surface area (TPSA) is 37.4 Å². The molecule has 1 amide bonds. The molecule has 1 saturated heterocycles. The van der Waals surface area contributed by atoms with E-state index in [2.05, 4.69) is 4.90 Å². The van der Waals surface area contributed by atoms with Crippen LogP contribution in [0.3, 0.4) is 0 Å². The molecule has 4 unspecified atom stereocenters. The highest BCUT2D eigenvalue weighted by Gasteiger charge is 2.44. The van der Waals surface area contributed by atoms with Gasteiger partial charge in [0.2, 0.25) is 5.91 Å². The predicted octanol–water partition coefficient (Wildman–Crippen LogP) is 2.78. The van der Waals surface area contributed by atoms with Crippen LogP contribution in [0.25, 0.3) is 0 Å². The van der Waals surface area contributed by atoms with Crippen LogP contribution in [0.5, 0.6) is 0 Å². The number of hydrogen-bond donors (Lipinski definition) is 0. The molecule has 0 radical (unpaired) electrons. The number of carbonyl (C=O) groups is 2. The van der Waals surface area contributed by atoms with Crippen LogP contribution in [0.4, 0.5) is 0 Å². The summed E-state index contributed by atoms with van der Waals surface area (Å²) in [4.78, 5) is 26.5. The molecule has 4 atom stereocenters. The maximum Gasteiger partial charge on any atom is 0.223 e. The minimum absolute atomic E-state index is 0.252. The van der Waals surface area contributed by atoms with E-state index in [1.807, 2.05) is 0 Å². The Bertz CT molecular complexity index is 429. The number of carbonyl (C=O) groups excluding carboxylic acids is 2. The number of fused-ring (bicyclic) bond motifs is 2. The summed E-state index contributed by atoms with van der Waals surface area (Å²) < 4.78 is 0. The molecule has 3 nitrogen and oxygen atoms in total. The lowest BCUT2D eigenvalue weighted by Crippen LogP contribution is -2.48. The Hall–Kier alpha value is -0.860. The summed E-state index contributed by atoms with van der Waals surface area (Å²) in [5.41, 5.74) is 0. The molecule has 4 fully saturated rings. The Kier molecular flexibility index (Phi) is 3.12. The van der Waals surface area contributed by atoms with Crippen molar-refractivity contribution in [2.75, 3.05) is 6.54 Å². The fourth-order valence-corrected chi connectivity index (χ4v) is 5.04. The number of amides is 1. The van der Waals surface area contributed by atoms with Crippen molar-refractivity contribution < 1.29 is 9.59 Å². The maximum atomic E-state index is 12.7. The maximum absolute atomic E-state index is 12.7. The molecule has 0 N–H and O–H groups in total. The molecule has 0 spiro atoms. The van der Waals surface area contributed by atoms with Gasteiger partial charge < -0.3 is 4.90 Å². The van der Waals surface area contributed by atoms with Crippen molar-refractivity contribution in [3.63, 3.8) is 0 Å². The van der Waals surface area contributed by atoms with Crippen molar-refractivity contribution in [3.05, 3.63) is 0 Å². The molecule has 4 aliphatic rings. The fourth-order valence-electron chi connectivity index (χ4n) is 5.04. The van der Waals surface area contributed by atoms with Gasteiger partial charge in [0.15, 0.2) is 0 Å². The van der Waals surface area contributed by atoms with Crippen LogP contribution in [-0.4, -0.2) is 29.2 Å². The van der Waals surface area contributed by atoms with Crippen LogP contribution < -0.4 is 0 Å². The average Bonchev–Trinajstić information content (AvgIpc) is 3.08. The second kappa shape index (κ2) is 4.85. The Balaban J connectivity index is 1.40. The summed E-state index contributed by atoms with van der Waals surface area (Å²) in [7, 11) is 0. The van der Waals surface area contributed by atoms with E-state index in [9.17, 15) is 9.59 Å². The number of ketones is 1. The van der Waals surface area contributed by atoms with E-state index in [0.717, 1.165) is 18.3 Å². The Morgan fingerprint density at radius 1 is 1.10 bits per heavy atom. The Morgan fingerprint density at radius 2 is 1.90 bits per heavy atom. The van der Waals surface area contributed by atoms with Crippen molar-refractivity contribution in [1.82, 2.24) is 4.90 Å². The van der Waals surface area contributed by atoms with Crippen LogP contribution >= 0.6 is 0 Å². The number of hydrogen-bond acceptors (Lipinski definition) is 2. The van der Waals surface area contributed by atoms with E-state index in [1.54, 1.807) is 0 Å². The van der Waals surface area contributed by atoms with Crippen molar-refractivity contribution in [2.24, 2.45) is 23.7 Å². The third-order valence-electron chi connectivity index (χ3n) is 6.28. The van der Waals surface area contributed by atoms with Crippen molar-refractivity contribution in [1.29, 1.82) is 0 Å². The molecule has 1 heterocycles. The average molecular weight is 275 g/mol. The molecule has 0 aromatic carbocycles. The second-order valence-electron chi connectivity index (χ2n) is 7.62. The van der Waals surface area contributed by atoms with E-state index in [1.165, 1.54) is 38.5 Å². The molecule has 4 rings (SSSR count). The minimum Gasteiger partial charge on any atom is -0.339 e.